The minimum Gasteiger partial charge on any atom is -0.444 e. The molecule has 1 aliphatic rings. The van der Waals surface area contributed by atoms with Crippen molar-refractivity contribution in [3.05, 3.63) is 0 Å². The first-order chi connectivity index (χ1) is 7.85. The maximum Gasteiger partial charge on any atom is 0.410 e. The van der Waals surface area contributed by atoms with Crippen molar-refractivity contribution in [1.82, 2.24) is 4.90 Å². The number of carbonyl (C=O) groups excluding carboxylic acids is 2. The van der Waals surface area contributed by atoms with Gasteiger partial charge in [-0.25, -0.2) is 4.79 Å². The highest BCUT2D eigenvalue weighted by atomic mass is 16.6. The quantitative estimate of drug-likeness (QED) is 0.711. The van der Waals surface area contributed by atoms with E-state index in [1.165, 1.54) is 6.42 Å². The van der Waals surface area contributed by atoms with Crippen LogP contribution in [0.1, 0.15) is 46.5 Å². The van der Waals surface area contributed by atoms with E-state index in [9.17, 15) is 9.59 Å². The van der Waals surface area contributed by atoms with Gasteiger partial charge >= 0.3 is 6.09 Å². The van der Waals surface area contributed by atoms with Crippen molar-refractivity contribution in [2.24, 2.45) is 5.92 Å². The molecule has 4 nitrogen and oxygen atoms in total. The lowest BCUT2D eigenvalue weighted by Crippen LogP contribution is -2.46. The molecule has 0 spiro atoms. The summed E-state index contributed by atoms with van der Waals surface area (Å²) in [6.07, 6.45) is 4.36. The van der Waals surface area contributed by atoms with Gasteiger partial charge in [-0.05, 0) is 39.5 Å². The van der Waals surface area contributed by atoms with Gasteiger partial charge in [-0.2, -0.15) is 0 Å². The average molecular weight is 241 g/mol. The molecule has 17 heavy (non-hydrogen) atoms. The maximum atomic E-state index is 11.9. The Labute approximate surface area is 103 Å². The van der Waals surface area contributed by atoms with Gasteiger partial charge in [0, 0.05) is 19.5 Å². The van der Waals surface area contributed by atoms with E-state index in [2.05, 4.69) is 0 Å². The highest BCUT2D eigenvalue weighted by Gasteiger charge is 2.33. The summed E-state index contributed by atoms with van der Waals surface area (Å²) in [4.78, 5) is 24.2. The summed E-state index contributed by atoms with van der Waals surface area (Å²) in [5.41, 5.74) is -0.489. The lowest BCUT2D eigenvalue weighted by atomic mass is 9.78. The van der Waals surface area contributed by atoms with E-state index < -0.39 is 5.60 Å². The fourth-order valence-corrected chi connectivity index (χ4v) is 2.06. The first-order valence-electron chi connectivity index (χ1n) is 6.24. The van der Waals surface area contributed by atoms with Gasteiger partial charge in [0.05, 0.1) is 0 Å². The molecular weight excluding hydrogens is 218 g/mol. The van der Waals surface area contributed by atoms with Crippen molar-refractivity contribution in [3.8, 4) is 0 Å². The smallest absolute Gasteiger partial charge is 0.410 e. The Kier molecular flexibility index (Phi) is 4.54. The summed E-state index contributed by atoms with van der Waals surface area (Å²) < 4.78 is 5.32. The second-order valence-corrected chi connectivity index (χ2v) is 5.75. The molecule has 4 heteroatoms. The van der Waals surface area contributed by atoms with Crippen molar-refractivity contribution in [1.29, 1.82) is 0 Å². The van der Waals surface area contributed by atoms with Gasteiger partial charge in [0.15, 0.2) is 0 Å². The average Bonchev–Trinajstić information content (AvgIpc) is 2.10. The van der Waals surface area contributed by atoms with Crippen LogP contribution in [0.5, 0.6) is 0 Å². The summed E-state index contributed by atoms with van der Waals surface area (Å²) in [7, 11) is 1.72. The van der Waals surface area contributed by atoms with Crippen LogP contribution in [0.3, 0.4) is 0 Å². The van der Waals surface area contributed by atoms with Gasteiger partial charge in [0.2, 0.25) is 0 Å². The van der Waals surface area contributed by atoms with Crippen LogP contribution in [0.25, 0.3) is 0 Å². The zero-order valence-electron chi connectivity index (χ0n) is 11.2. The highest BCUT2D eigenvalue weighted by Crippen LogP contribution is 2.33. The van der Waals surface area contributed by atoms with Gasteiger partial charge in [-0.1, -0.05) is 6.42 Å². The van der Waals surface area contributed by atoms with Crippen LogP contribution in [0.4, 0.5) is 4.79 Å². The van der Waals surface area contributed by atoms with Crippen molar-refractivity contribution >= 4 is 12.4 Å². The van der Waals surface area contributed by atoms with Gasteiger partial charge in [0.1, 0.15) is 11.9 Å². The second kappa shape index (κ2) is 5.52. The molecule has 0 heterocycles. The fourth-order valence-electron chi connectivity index (χ4n) is 2.06. The van der Waals surface area contributed by atoms with Crippen molar-refractivity contribution in [2.75, 3.05) is 7.05 Å². The van der Waals surface area contributed by atoms with E-state index >= 15 is 0 Å². The third-order valence-electron chi connectivity index (χ3n) is 3.21. The van der Waals surface area contributed by atoms with Gasteiger partial charge < -0.3 is 14.4 Å². The normalized spacial score (nSPS) is 18.1. The topological polar surface area (TPSA) is 46.6 Å². The van der Waals surface area contributed by atoms with E-state index in [4.69, 9.17) is 4.74 Å². The number of carbonyl (C=O) groups is 2. The van der Waals surface area contributed by atoms with Crippen LogP contribution < -0.4 is 0 Å². The highest BCUT2D eigenvalue weighted by molar-refractivity contribution is 5.69. The molecule has 0 N–H and O–H groups in total. The predicted molar refractivity (Wildman–Crippen MR) is 65.8 cm³/mol. The molecule has 1 aliphatic carbocycles. The Hall–Kier alpha value is -1.06. The van der Waals surface area contributed by atoms with Crippen LogP contribution in [-0.4, -0.2) is 36.0 Å². The number of amides is 1. The van der Waals surface area contributed by atoms with E-state index in [1.807, 2.05) is 20.8 Å². The molecule has 1 rings (SSSR count). The standard InChI is InChI=1S/C13H23NO3/c1-13(2,3)17-12(16)14(4)11(8-9-15)10-6-5-7-10/h9-11H,5-8H2,1-4H3. The van der Waals surface area contributed by atoms with Crippen molar-refractivity contribution in [3.63, 3.8) is 0 Å². The number of hydrogen-bond acceptors (Lipinski definition) is 3. The predicted octanol–water partition coefficient (Wildman–Crippen LogP) is 2.61. The number of rotatable bonds is 4. The SMILES string of the molecule is CN(C(=O)OC(C)(C)C)C(CC=O)C1CCC1. The van der Waals surface area contributed by atoms with Gasteiger partial charge in [-0.3, -0.25) is 0 Å². The van der Waals surface area contributed by atoms with Gasteiger partial charge in [-0.15, -0.1) is 0 Å². The van der Waals surface area contributed by atoms with E-state index in [1.54, 1.807) is 11.9 Å². The lowest BCUT2D eigenvalue weighted by molar-refractivity contribution is -0.109. The Morgan fingerprint density at radius 1 is 1.47 bits per heavy atom. The van der Waals surface area contributed by atoms with Crippen LogP contribution in [0.15, 0.2) is 0 Å². The molecule has 0 aliphatic heterocycles. The molecule has 0 bridgehead atoms. The molecular formula is C13H23NO3. The molecule has 98 valence electrons. The third kappa shape index (κ3) is 4.02. The minimum atomic E-state index is -0.489. The summed E-state index contributed by atoms with van der Waals surface area (Å²) >= 11 is 0. The molecule has 1 fully saturated rings. The number of hydrogen-bond donors (Lipinski definition) is 0. The second-order valence-electron chi connectivity index (χ2n) is 5.75. The minimum absolute atomic E-state index is 0.00361. The van der Waals surface area contributed by atoms with Crippen molar-refractivity contribution < 1.29 is 14.3 Å². The Morgan fingerprint density at radius 2 is 2.06 bits per heavy atom. The lowest BCUT2D eigenvalue weighted by Gasteiger charge is -2.39. The van der Waals surface area contributed by atoms with E-state index in [0.29, 0.717) is 12.3 Å². The van der Waals surface area contributed by atoms with Crippen molar-refractivity contribution in [2.45, 2.75) is 58.1 Å². The van der Waals surface area contributed by atoms with Gasteiger partial charge in [0.25, 0.3) is 0 Å². The fraction of sp³-hybridized carbons (Fsp3) is 0.846. The number of ether oxygens (including phenoxy) is 1. The molecule has 0 aromatic carbocycles. The summed E-state index contributed by atoms with van der Waals surface area (Å²) in [5.74, 6) is 0.456. The zero-order chi connectivity index (χ0) is 13.1. The molecule has 1 amide bonds. The molecule has 0 aromatic rings. The van der Waals surface area contributed by atoms with Crippen LogP contribution >= 0.6 is 0 Å². The molecule has 0 aromatic heterocycles. The summed E-state index contributed by atoms with van der Waals surface area (Å²) in [6.45, 7) is 5.53. The van der Waals surface area contributed by atoms with Crippen LogP contribution in [0, 0.1) is 5.92 Å². The molecule has 1 atom stereocenters. The zero-order valence-corrected chi connectivity index (χ0v) is 11.2. The Balaban J connectivity index is 2.59. The first kappa shape index (κ1) is 14.0. The molecule has 0 radical (unpaired) electrons. The van der Waals surface area contributed by atoms with E-state index in [0.717, 1.165) is 19.1 Å². The first-order valence-corrected chi connectivity index (χ1v) is 6.24. The Bertz CT molecular complexity index is 279. The third-order valence-corrected chi connectivity index (χ3v) is 3.21. The number of nitrogens with zero attached hydrogens (tertiary/aromatic N) is 1. The molecule has 1 unspecified atom stereocenters. The largest absolute Gasteiger partial charge is 0.444 e. The molecule has 0 saturated heterocycles. The Morgan fingerprint density at radius 3 is 2.41 bits per heavy atom. The molecule has 1 saturated carbocycles. The monoisotopic (exact) mass is 241 g/mol. The summed E-state index contributed by atoms with van der Waals surface area (Å²) in [6, 6.07) is -0.00361. The number of aldehydes is 1. The maximum absolute atomic E-state index is 11.9. The van der Waals surface area contributed by atoms with Crippen LogP contribution in [-0.2, 0) is 9.53 Å². The van der Waals surface area contributed by atoms with Crippen LogP contribution in [0.2, 0.25) is 0 Å². The van der Waals surface area contributed by atoms with E-state index in [-0.39, 0.29) is 12.1 Å². The summed E-state index contributed by atoms with van der Waals surface area (Å²) in [5, 5.41) is 0.